The molecular formula is C19H17NOS. The van der Waals surface area contributed by atoms with Crippen molar-refractivity contribution in [2.45, 2.75) is 12.8 Å². The van der Waals surface area contributed by atoms with Gasteiger partial charge in [-0.15, -0.1) is 11.3 Å². The minimum absolute atomic E-state index is 0.0526. The maximum Gasteiger partial charge on any atom is 0.224 e. The highest BCUT2D eigenvalue weighted by atomic mass is 32.1. The Morgan fingerprint density at radius 1 is 0.909 bits per heavy atom. The Kier molecular flexibility index (Phi) is 4.66. The fourth-order valence-electron chi connectivity index (χ4n) is 2.37. The number of para-hydroxylation sites is 1. The van der Waals surface area contributed by atoms with E-state index in [-0.39, 0.29) is 5.91 Å². The van der Waals surface area contributed by atoms with E-state index in [9.17, 15) is 4.79 Å². The van der Waals surface area contributed by atoms with Crippen LogP contribution in [0, 0.1) is 0 Å². The molecular weight excluding hydrogens is 290 g/mol. The van der Waals surface area contributed by atoms with Crippen LogP contribution in [0.15, 0.2) is 72.1 Å². The highest BCUT2D eigenvalue weighted by Gasteiger charge is 2.08. The van der Waals surface area contributed by atoms with Gasteiger partial charge < -0.3 is 5.32 Å². The highest BCUT2D eigenvalue weighted by molar-refractivity contribution is 7.09. The van der Waals surface area contributed by atoms with Crippen molar-refractivity contribution >= 4 is 22.9 Å². The van der Waals surface area contributed by atoms with Gasteiger partial charge in [0.1, 0.15) is 0 Å². The lowest BCUT2D eigenvalue weighted by Crippen LogP contribution is -2.12. The smallest absolute Gasteiger partial charge is 0.224 e. The Bertz CT molecular complexity index is 735. The van der Waals surface area contributed by atoms with Crippen molar-refractivity contribution in [1.82, 2.24) is 0 Å². The standard InChI is InChI=1S/C19H17NOS/c21-19(13-12-16-9-6-14-22-16)20-18-11-5-4-10-17(18)15-7-2-1-3-8-15/h1-11,14H,12-13H2,(H,20,21). The zero-order valence-corrected chi connectivity index (χ0v) is 13.0. The Balaban J connectivity index is 1.71. The number of carbonyl (C=O) groups excluding carboxylic acids is 1. The average Bonchev–Trinajstić information content (AvgIpc) is 3.08. The summed E-state index contributed by atoms with van der Waals surface area (Å²) >= 11 is 1.69. The lowest BCUT2D eigenvalue weighted by molar-refractivity contribution is -0.116. The predicted octanol–water partition coefficient (Wildman–Crippen LogP) is 4.99. The van der Waals surface area contributed by atoms with Gasteiger partial charge in [0.25, 0.3) is 0 Å². The molecule has 1 heterocycles. The van der Waals surface area contributed by atoms with E-state index < -0.39 is 0 Å². The Labute approximate surface area is 134 Å². The molecule has 0 unspecified atom stereocenters. The van der Waals surface area contributed by atoms with Gasteiger partial charge in [-0.1, -0.05) is 54.6 Å². The van der Waals surface area contributed by atoms with Crippen LogP contribution in [0.4, 0.5) is 5.69 Å². The second-order valence-electron chi connectivity index (χ2n) is 5.04. The fraction of sp³-hybridized carbons (Fsp3) is 0.105. The largest absolute Gasteiger partial charge is 0.326 e. The van der Waals surface area contributed by atoms with Gasteiger partial charge in [-0.05, 0) is 29.5 Å². The van der Waals surface area contributed by atoms with Crippen molar-refractivity contribution in [3.63, 3.8) is 0 Å². The molecule has 0 spiro atoms. The molecule has 3 heteroatoms. The third-order valence-electron chi connectivity index (χ3n) is 3.46. The zero-order valence-electron chi connectivity index (χ0n) is 12.2. The first-order chi connectivity index (χ1) is 10.8. The molecule has 3 rings (SSSR count). The summed E-state index contributed by atoms with van der Waals surface area (Å²) in [7, 11) is 0. The molecule has 0 aliphatic carbocycles. The number of amides is 1. The maximum absolute atomic E-state index is 12.2. The maximum atomic E-state index is 12.2. The van der Waals surface area contributed by atoms with Crippen LogP contribution in [-0.4, -0.2) is 5.91 Å². The van der Waals surface area contributed by atoms with Crippen LogP contribution in [0.5, 0.6) is 0 Å². The van der Waals surface area contributed by atoms with Crippen molar-refractivity contribution in [2.24, 2.45) is 0 Å². The number of nitrogens with one attached hydrogen (secondary N) is 1. The molecule has 2 nitrogen and oxygen atoms in total. The van der Waals surface area contributed by atoms with E-state index in [4.69, 9.17) is 0 Å². The van der Waals surface area contributed by atoms with Crippen molar-refractivity contribution in [3.8, 4) is 11.1 Å². The zero-order chi connectivity index (χ0) is 15.2. The first-order valence-electron chi connectivity index (χ1n) is 7.29. The molecule has 3 aromatic rings. The normalized spacial score (nSPS) is 10.4. The van der Waals surface area contributed by atoms with E-state index in [2.05, 4.69) is 23.5 Å². The lowest BCUT2D eigenvalue weighted by Gasteiger charge is -2.11. The first-order valence-corrected chi connectivity index (χ1v) is 8.17. The number of hydrogen-bond acceptors (Lipinski definition) is 2. The van der Waals surface area contributed by atoms with Gasteiger partial charge in [0.2, 0.25) is 5.91 Å². The highest BCUT2D eigenvalue weighted by Crippen LogP contribution is 2.27. The predicted molar refractivity (Wildman–Crippen MR) is 93.1 cm³/mol. The van der Waals surface area contributed by atoms with Crippen LogP contribution in [0.2, 0.25) is 0 Å². The van der Waals surface area contributed by atoms with Crippen LogP contribution in [0.25, 0.3) is 11.1 Å². The van der Waals surface area contributed by atoms with Gasteiger partial charge >= 0.3 is 0 Å². The van der Waals surface area contributed by atoms with Crippen LogP contribution in [-0.2, 0) is 11.2 Å². The van der Waals surface area contributed by atoms with Gasteiger partial charge in [-0.25, -0.2) is 0 Å². The summed E-state index contributed by atoms with van der Waals surface area (Å²) in [4.78, 5) is 13.4. The molecule has 1 amide bonds. The molecule has 110 valence electrons. The molecule has 0 saturated heterocycles. The van der Waals surface area contributed by atoms with Gasteiger partial charge in [-0.3, -0.25) is 4.79 Å². The van der Waals surface area contributed by atoms with Gasteiger partial charge in [0.05, 0.1) is 0 Å². The Morgan fingerprint density at radius 2 is 1.68 bits per heavy atom. The van der Waals surface area contributed by atoms with Gasteiger partial charge in [-0.2, -0.15) is 0 Å². The third kappa shape index (κ3) is 3.62. The molecule has 2 aromatic carbocycles. The van der Waals surface area contributed by atoms with Crippen molar-refractivity contribution in [1.29, 1.82) is 0 Å². The second-order valence-corrected chi connectivity index (χ2v) is 6.07. The van der Waals surface area contributed by atoms with E-state index >= 15 is 0 Å². The van der Waals surface area contributed by atoms with Gasteiger partial charge in [0.15, 0.2) is 0 Å². The topological polar surface area (TPSA) is 29.1 Å². The van der Waals surface area contributed by atoms with E-state index in [0.29, 0.717) is 6.42 Å². The van der Waals surface area contributed by atoms with Gasteiger partial charge in [0, 0.05) is 22.5 Å². The molecule has 0 bridgehead atoms. The summed E-state index contributed by atoms with van der Waals surface area (Å²) in [6, 6.07) is 22.1. The average molecular weight is 307 g/mol. The summed E-state index contributed by atoms with van der Waals surface area (Å²) in [5, 5.41) is 5.08. The van der Waals surface area contributed by atoms with E-state index in [1.165, 1.54) is 4.88 Å². The Hall–Kier alpha value is -2.39. The number of carbonyl (C=O) groups is 1. The monoisotopic (exact) mass is 307 g/mol. The molecule has 1 aromatic heterocycles. The number of anilines is 1. The third-order valence-corrected chi connectivity index (χ3v) is 4.40. The SMILES string of the molecule is O=C(CCc1cccs1)Nc1ccccc1-c1ccccc1. The molecule has 0 atom stereocenters. The summed E-state index contributed by atoms with van der Waals surface area (Å²) in [6.45, 7) is 0. The summed E-state index contributed by atoms with van der Waals surface area (Å²) < 4.78 is 0. The molecule has 0 fully saturated rings. The second kappa shape index (κ2) is 7.05. The number of aryl methyl sites for hydroxylation is 1. The number of rotatable bonds is 5. The minimum atomic E-state index is 0.0526. The molecule has 0 radical (unpaired) electrons. The summed E-state index contributed by atoms with van der Waals surface area (Å²) in [6.07, 6.45) is 1.29. The van der Waals surface area contributed by atoms with Crippen molar-refractivity contribution < 1.29 is 4.79 Å². The number of thiophene rings is 1. The van der Waals surface area contributed by atoms with Crippen molar-refractivity contribution in [2.75, 3.05) is 5.32 Å². The molecule has 0 aliphatic heterocycles. The van der Waals surface area contributed by atoms with E-state index in [1.807, 2.05) is 53.9 Å². The van der Waals surface area contributed by atoms with Crippen molar-refractivity contribution in [3.05, 3.63) is 77.0 Å². The Morgan fingerprint density at radius 3 is 2.45 bits per heavy atom. The number of benzene rings is 2. The fourth-order valence-corrected chi connectivity index (χ4v) is 3.07. The molecule has 0 saturated carbocycles. The minimum Gasteiger partial charge on any atom is -0.326 e. The van der Waals surface area contributed by atoms with E-state index in [1.54, 1.807) is 11.3 Å². The van der Waals surface area contributed by atoms with Crippen LogP contribution < -0.4 is 5.32 Å². The summed E-state index contributed by atoms with van der Waals surface area (Å²) in [5.74, 6) is 0.0526. The molecule has 0 aliphatic rings. The van der Waals surface area contributed by atoms with Crippen LogP contribution in [0.1, 0.15) is 11.3 Å². The first kappa shape index (κ1) is 14.5. The lowest BCUT2D eigenvalue weighted by atomic mass is 10.0. The molecule has 22 heavy (non-hydrogen) atoms. The number of hydrogen-bond donors (Lipinski definition) is 1. The van der Waals surface area contributed by atoms with E-state index in [0.717, 1.165) is 23.2 Å². The van der Waals surface area contributed by atoms with Crippen LogP contribution >= 0.6 is 11.3 Å². The molecule has 1 N–H and O–H groups in total. The quantitative estimate of drug-likeness (QED) is 0.707. The summed E-state index contributed by atoms with van der Waals surface area (Å²) in [5.41, 5.74) is 3.02. The van der Waals surface area contributed by atoms with Crippen LogP contribution in [0.3, 0.4) is 0 Å².